The molecule has 0 aromatic heterocycles. The van der Waals surface area contributed by atoms with Gasteiger partial charge in [0.15, 0.2) is 0 Å². The van der Waals surface area contributed by atoms with Gasteiger partial charge in [-0.1, -0.05) is 0 Å². The lowest BCUT2D eigenvalue weighted by Gasteiger charge is -2.35. The Bertz CT molecular complexity index is 250. The average molecular weight is 237 g/mol. The Kier molecular flexibility index (Phi) is 6.40. The summed E-state index contributed by atoms with van der Waals surface area (Å²) >= 11 is 0. The van der Waals surface area contributed by atoms with E-state index in [0.29, 0.717) is 6.42 Å². The summed E-state index contributed by atoms with van der Waals surface area (Å²) in [6, 6.07) is 0. The van der Waals surface area contributed by atoms with E-state index < -0.39 is 10.1 Å². The van der Waals surface area contributed by atoms with Crippen LogP contribution in [0.2, 0.25) is 0 Å². The summed E-state index contributed by atoms with van der Waals surface area (Å²) < 4.78 is 32.2. The van der Waals surface area contributed by atoms with Crippen LogP contribution < -0.4 is 0 Å². The Morgan fingerprint density at radius 1 is 1.00 bits per heavy atom. The minimum atomic E-state index is -4.02. The molecule has 0 aliphatic carbocycles. The lowest BCUT2D eigenvalue weighted by atomic mass is 10.2. The van der Waals surface area contributed by atoms with Crippen molar-refractivity contribution in [2.24, 2.45) is 0 Å². The molecule has 0 fully saturated rings. The molecule has 0 bridgehead atoms. The Balaban J connectivity index is 3.92. The van der Waals surface area contributed by atoms with Gasteiger partial charge in [0.05, 0.1) is 36.3 Å². The standard InChI is InChI=1S/C10H23NO3S/c1-4-11(5-2,6-3)9-7-8-10-15(12,13)14/h4-10H2,1-3H3. The first-order valence-electron chi connectivity index (χ1n) is 5.67. The zero-order chi connectivity index (χ0) is 11.9. The quantitative estimate of drug-likeness (QED) is 0.362. The van der Waals surface area contributed by atoms with Gasteiger partial charge in [-0.05, 0) is 33.6 Å². The average Bonchev–Trinajstić information content (AvgIpc) is 2.18. The maximum absolute atomic E-state index is 10.4. The summed E-state index contributed by atoms with van der Waals surface area (Å²) in [6.07, 6.45) is 1.31. The molecule has 0 N–H and O–H groups in total. The Labute approximate surface area is 93.6 Å². The van der Waals surface area contributed by atoms with Gasteiger partial charge in [-0.25, -0.2) is 8.42 Å². The van der Waals surface area contributed by atoms with E-state index >= 15 is 0 Å². The normalized spacial score (nSPS) is 13.1. The van der Waals surface area contributed by atoms with Crippen molar-refractivity contribution in [1.82, 2.24) is 0 Å². The van der Waals surface area contributed by atoms with Crippen molar-refractivity contribution in [1.29, 1.82) is 0 Å². The minimum absolute atomic E-state index is 0.218. The van der Waals surface area contributed by atoms with Gasteiger partial charge in [0.25, 0.3) is 0 Å². The highest BCUT2D eigenvalue weighted by Gasteiger charge is 2.19. The zero-order valence-electron chi connectivity index (χ0n) is 10.0. The van der Waals surface area contributed by atoms with Crippen molar-refractivity contribution < 1.29 is 17.5 Å². The molecule has 0 aromatic rings. The first-order chi connectivity index (χ1) is 6.89. The fraction of sp³-hybridized carbons (Fsp3) is 1.00. The molecule has 0 radical (unpaired) electrons. The Hall–Kier alpha value is -0.130. The highest BCUT2D eigenvalue weighted by Crippen LogP contribution is 2.08. The molecule has 0 spiro atoms. The first-order valence-corrected chi connectivity index (χ1v) is 7.25. The summed E-state index contributed by atoms with van der Waals surface area (Å²) in [5.41, 5.74) is 0. The lowest BCUT2D eigenvalue weighted by Crippen LogP contribution is -2.48. The molecule has 0 aliphatic rings. The molecule has 5 heteroatoms. The predicted molar refractivity (Wildman–Crippen MR) is 60.5 cm³/mol. The smallest absolute Gasteiger partial charge is 0.0945 e. The number of rotatable bonds is 8. The van der Waals surface area contributed by atoms with Gasteiger partial charge < -0.3 is 9.04 Å². The van der Waals surface area contributed by atoms with Crippen molar-refractivity contribution in [3.63, 3.8) is 0 Å². The van der Waals surface area contributed by atoms with Gasteiger partial charge in [-0.3, -0.25) is 0 Å². The fourth-order valence-electron chi connectivity index (χ4n) is 1.87. The molecular formula is C10H23NO3S. The molecule has 0 amide bonds. The number of quaternary nitrogens is 1. The van der Waals surface area contributed by atoms with Crippen molar-refractivity contribution >= 4 is 10.1 Å². The minimum Gasteiger partial charge on any atom is -0.748 e. The maximum Gasteiger partial charge on any atom is 0.0945 e. The molecule has 92 valence electrons. The Morgan fingerprint density at radius 3 is 1.80 bits per heavy atom. The highest BCUT2D eigenvalue weighted by atomic mass is 32.2. The summed E-state index contributed by atoms with van der Waals surface area (Å²) in [4.78, 5) is 0. The van der Waals surface area contributed by atoms with E-state index in [9.17, 15) is 13.0 Å². The number of hydrogen-bond acceptors (Lipinski definition) is 3. The van der Waals surface area contributed by atoms with Gasteiger partial charge in [-0.15, -0.1) is 0 Å². The van der Waals surface area contributed by atoms with Crippen LogP contribution in [0.5, 0.6) is 0 Å². The van der Waals surface area contributed by atoms with Crippen molar-refractivity contribution in [3.05, 3.63) is 0 Å². The van der Waals surface area contributed by atoms with E-state index in [1.807, 2.05) is 0 Å². The van der Waals surface area contributed by atoms with Crippen LogP contribution in [-0.2, 0) is 10.1 Å². The Morgan fingerprint density at radius 2 is 1.47 bits per heavy atom. The van der Waals surface area contributed by atoms with Crippen molar-refractivity contribution in [3.8, 4) is 0 Å². The van der Waals surface area contributed by atoms with Crippen LogP contribution in [-0.4, -0.2) is 49.4 Å². The molecule has 0 rings (SSSR count). The van der Waals surface area contributed by atoms with Gasteiger partial charge in [0.1, 0.15) is 0 Å². The van der Waals surface area contributed by atoms with E-state index in [1.54, 1.807) is 0 Å². The van der Waals surface area contributed by atoms with E-state index in [0.717, 1.165) is 37.1 Å². The molecule has 15 heavy (non-hydrogen) atoms. The number of hydrogen-bond donors (Lipinski definition) is 0. The largest absolute Gasteiger partial charge is 0.748 e. The molecule has 0 aromatic carbocycles. The molecule has 0 saturated carbocycles. The van der Waals surface area contributed by atoms with Crippen LogP contribution in [0.15, 0.2) is 0 Å². The maximum atomic E-state index is 10.4. The van der Waals surface area contributed by atoms with Crippen LogP contribution in [0, 0.1) is 0 Å². The zero-order valence-corrected chi connectivity index (χ0v) is 10.8. The van der Waals surface area contributed by atoms with Crippen LogP contribution in [0.25, 0.3) is 0 Å². The summed E-state index contributed by atoms with van der Waals surface area (Å²) in [5.74, 6) is -0.218. The SMILES string of the molecule is CC[N+](CC)(CC)CCCCS(=O)(=O)[O-]. The molecular weight excluding hydrogens is 214 g/mol. The third-order valence-corrected chi connectivity index (χ3v) is 4.08. The van der Waals surface area contributed by atoms with Crippen LogP contribution in [0.3, 0.4) is 0 Å². The predicted octanol–water partition coefficient (Wildman–Crippen LogP) is 1.19. The molecule has 0 heterocycles. The van der Waals surface area contributed by atoms with Gasteiger partial charge in [0.2, 0.25) is 0 Å². The molecule has 4 nitrogen and oxygen atoms in total. The van der Waals surface area contributed by atoms with E-state index in [2.05, 4.69) is 20.8 Å². The highest BCUT2D eigenvalue weighted by molar-refractivity contribution is 7.85. The second-order valence-corrected chi connectivity index (χ2v) is 5.51. The van der Waals surface area contributed by atoms with Crippen LogP contribution in [0.4, 0.5) is 0 Å². The van der Waals surface area contributed by atoms with E-state index in [-0.39, 0.29) is 5.75 Å². The van der Waals surface area contributed by atoms with Crippen LogP contribution in [0.1, 0.15) is 33.6 Å². The third kappa shape index (κ3) is 6.12. The summed E-state index contributed by atoms with van der Waals surface area (Å²) in [6.45, 7) is 10.6. The second-order valence-electron chi connectivity index (χ2n) is 3.98. The molecule has 0 atom stereocenters. The summed E-state index contributed by atoms with van der Waals surface area (Å²) in [7, 11) is -4.02. The monoisotopic (exact) mass is 237 g/mol. The van der Waals surface area contributed by atoms with Gasteiger partial charge in [0, 0.05) is 5.75 Å². The third-order valence-electron chi connectivity index (χ3n) is 3.29. The van der Waals surface area contributed by atoms with E-state index in [1.165, 1.54) is 0 Å². The lowest BCUT2D eigenvalue weighted by molar-refractivity contribution is -0.923. The molecule has 0 unspecified atom stereocenters. The molecule has 0 aliphatic heterocycles. The second kappa shape index (κ2) is 6.45. The van der Waals surface area contributed by atoms with Crippen molar-refractivity contribution in [2.45, 2.75) is 33.6 Å². The first kappa shape index (κ1) is 14.9. The number of nitrogens with zero attached hydrogens (tertiary/aromatic N) is 1. The summed E-state index contributed by atoms with van der Waals surface area (Å²) in [5, 5.41) is 0. The van der Waals surface area contributed by atoms with Crippen molar-refractivity contribution in [2.75, 3.05) is 31.9 Å². The van der Waals surface area contributed by atoms with Gasteiger partial charge >= 0.3 is 0 Å². The number of unbranched alkanes of at least 4 members (excludes halogenated alkanes) is 1. The van der Waals surface area contributed by atoms with Crippen LogP contribution >= 0.6 is 0 Å². The fourth-order valence-corrected chi connectivity index (χ4v) is 2.43. The topological polar surface area (TPSA) is 57.2 Å². The van der Waals surface area contributed by atoms with E-state index in [4.69, 9.17) is 0 Å². The molecule has 0 saturated heterocycles. The van der Waals surface area contributed by atoms with Gasteiger partial charge in [-0.2, -0.15) is 0 Å².